The van der Waals surface area contributed by atoms with E-state index in [1.165, 1.54) is 12.1 Å². The molecule has 2 aromatic carbocycles. The van der Waals surface area contributed by atoms with E-state index in [0.29, 0.717) is 6.54 Å². The van der Waals surface area contributed by atoms with Crippen molar-refractivity contribution in [3.63, 3.8) is 0 Å². The fourth-order valence-electron chi connectivity index (χ4n) is 1.72. The monoisotopic (exact) mass is 258 g/mol. The van der Waals surface area contributed by atoms with Gasteiger partial charge in [0.2, 0.25) is 5.91 Å². The second kappa shape index (κ2) is 6.11. The van der Waals surface area contributed by atoms with E-state index in [-0.39, 0.29) is 18.1 Å². The Balaban J connectivity index is 1.95. The number of nitrogens with one attached hydrogen (secondary N) is 1. The lowest BCUT2D eigenvalue weighted by molar-refractivity contribution is -0.115. The van der Waals surface area contributed by atoms with Crippen LogP contribution >= 0.6 is 0 Å². The summed E-state index contributed by atoms with van der Waals surface area (Å²) in [5.41, 5.74) is 8.01. The highest BCUT2D eigenvalue weighted by Crippen LogP contribution is 2.10. The van der Waals surface area contributed by atoms with E-state index in [1.54, 1.807) is 12.1 Å². The summed E-state index contributed by atoms with van der Waals surface area (Å²) in [4.78, 5) is 11.8. The average Bonchev–Trinajstić information content (AvgIpc) is 2.42. The van der Waals surface area contributed by atoms with Crippen molar-refractivity contribution < 1.29 is 9.18 Å². The molecule has 0 radical (unpaired) electrons. The van der Waals surface area contributed by atoms with Gasteiger partial charge in [0.15, 0.2) is 0 Å². The molecule has 0 aromatic heterocycles. The second-order valence-electron chi connectivity index (χ2n) is 4.25. The first-order valence-electron chi connectivity index (χ1n) is 6.00. The molecular weight excluding hydrogens is 243 g/mol. The largest absolute Gasteiger partial charge is 0.326 e. The lowest BCUT2D eigenvalue weighted by Crippen LogP contribution is -2.14. The van der Waals surface area contributed by atoms with Crippen LogP contribution in [-0.4, -0.2) is 5.91 Å². The first-order chi connectivity index (χ1) is 9.17. The SMILES string of the molecule is NCc1ccc(NC(=O)Cc2ccc(F)cc2)cc1. The number of carbonyl (C=O) groups is 1. The maximum Gasteiger partial charge on any atom is 0.228 e. The fraction of sp³-hybridized carbons (Fsp3) is 0.133. The first kappa shape index (κ1) is 13.2. The van der Waals surface area contributed by atoms with Crippen molar-refractivity contribution in [2.75, 3.05) is 5.32 Å². The molecule has 0 atom stereocenters. The summed E-state index contributed by atoms with van der Waals surface area (Å²) in [5, 5.41) is 2.78. The number of hydrogen-bond donors (Lipinski definition) is 2. The van der Waals surface area contributed by atoms with Gasteiger partial charge >= 0.3 is 0 Å². The Kier molecular flexibility index (Phi) is 4.26. The van der Waals surface area contributed by atoms with Gasteiger partial charge in [-0.2, -0.15) is 0 Å². The molecule has 0 aliphatic carbocycles. The molecule has 1 amide bonds. The third-order valence-electron chi connectivity index (χ3n) is 2.75. The van der Waals surface area contributed by atoms with E-state index in [9.17, 15) is 9.18 Å². The highest BCUT2D eigenvalue weighted by molar-refractivity contribution is 5.92. The molecule has 98 valence electrons. The zero-order valence-corrected chi connectivity index (χ0v) is 10.4. The van der Waals surface area contributed by atoms with Gasteiger partial charge in [0.1, 0.15) is 5.82 Å². The Hall–Kier alpha value is -2.20. The van der Waals surface area contributed by atoms with Gasteiger partial charge in [-0.15, -0.1) is 0 Å². The van der Waals surface area contributed by atoms with Crippen LogP contribution in [0.3, 0.4) is 0 Å². The quantitative estimate of drug-likeness (QED) is 0.885. The normalized spacial score (nSPS) is 10.2. The summed E-state index contributed by atoms with van der Waals surface area (Å²) < 4.78 is 12.7. The number of anilines is 1. The van der Waals surface area contributed by atoms with Gasteiger partial charge in [0.05, 0.1) is 6.42 Å². The second-order valence-corrected chi connectivity index (χ2v) is 4.25. The highest BCUT2D eigenvalue weighted by Gasteiger charge is 2.04. The van der Waals surface area contributed by atoms with Crippen molar-refractivity contribution in [1.29, 1.82) is 0 Å². The van der Waals surface area contributed by atoms with Crippen molar-refractivity contribution in [3.05, 3.63) is 65.5 Å². The summed E-state index contributed by atoms with van der Waals surface area (Å²) in [5.74, 6) is -0.436. The van der Waals surface area contributed by atoms with Crippen LogP contribution in [0.1, 0.15) is 11.1 Å². The fourth-order valence-corrected chi connectivity index (χ4v) is 1.72. The van der Waals surface area contributed by atoms with Crippen LogP contribution in [0.15, 0.2) is 48.5 Å². The van der Waals surface area contributed by atoms with Crippen LogP contribution in [0.25, 0.3) is 0 Å². The number of halogens is 1. The Bertz CT molecular complexity index is 549. The van der Waals surface area contributed by atoms with Crippen molar-refractivity contribution in [3.8, 4) is 0 Å². The molecule has 0 saturated heterocycles. The Morgan fingerprint density at radius 1 is 1.00 bits per heavy atom. The summed E-state index contributed by atoms with van der Waals surface area (Å²) in [6, 6.07) is 13.3. The maximum absolute atomic E-state index is 12.7. The molecule has 0 spiro atoms. The first-order valence-corrected chi connectivity index (χ1v) is 6.00. The topological polar surface area (TPSA) is 55.1 Å². The Labute approximate surface area is 111 Å². The molecule has 3 N–H and O–H groups in total. The van der Waals surface area contributed by atoms with Crippen LogP contribution in [-0.2, 0) is 17.8 Å². The van der Waals surface area contributed by atoms with Crippen molar-refractivity contribution >= 4 is 11.6 Å². The van der Waals surface area contributed by atoms with Gasteiger partial charge in [0.25, 0.3) is 0 Å². The molecular formula is C15H15FN2O. The number of hydrogen-bond acceptors (Lipinski definition) is 2. The number of rotatable bonds is 4. The van der Waals surface area contributed by atoms with Crippen LogP contribution in [0.2, 0.25) is 0 Å². The molecule has 4 heteroatoms. The summed E-state index contributed by atoms with van der Waals surface area (Å²) in [7, 11) is 0. The van der Waals surface area contributed by atoms with Gasteiger partial charge in [-0.25, -0.2) is 4.39 Å². The minimum absolute atomic E-state index is 0.132. The number of carbonyl (C=O) groups excluding carboxylic acids is 1. The van der Waals surface area contributed by atoms with E-state index in [0.717, 1.165) is 16.8 Å². The zero-order chi connectivity index (χ0) is 13.7. The number of benzene rings is 2. The highest BCUT2D eigenvalue weighted by atomic mass is 19.1. The summed E-state index contributed by atoms with van der Waals surface area (Å²) in [6.45, 7) is 0.476. The third kappa shape index (κ3) is 3.89. The predicted molar refractivity (Wildman–Crippen MR) is 73.1 cm³/mol. The third-order valence-corrected chi connectivity index (χ3v) is 2.75. The molecule has 0 fully saturated rings. The molecule has 0 aliphatic heterocycles. The molecule has 2 rings (SSSR count). The molecule has 0 unspecified atom stereocenters. The van der Waals surface area contributed by atoms with Crippen molar-refractivity contribution in [2.45, 2.75) is 13.0 Å². The lowest BCUT2D eigenvalue weighted by Gasteiger charge is -2.06. The van der Waals surface area contributed by atoms with Crippen LogP contribution in [0.5, 0.6) is 0 Å². The van der Waals surface area contributed by atoms with Gasteiger partial charge in [-0.1, -0.05) is 24.3 Å². The Morgan fingerprint density at radius 3 is 2.16 bits per heavy atom. The van der Waals surface area contributed by atoms with Crippen molar-refractivity contribution in [1.82, 2.24) is 0 Å². The minimum Gasteiger partial charge on any atom is -0.326 e. The smallest absolute Gasteiger partial charge is 0.228 e. The average molecular weight is 258 g/mol. The van der Waals surface area contributed by atoms with E-state index in [1.807, 2.05) is 24.3 Å². The summed E-state index contributed by atoms with van der Waals surface area (Å²) in [6.07, 6.45) is 0.221. The summed E-state index contributed by atoms with van der Waals surface area (Å²) >= 11 is 0. The van der Waals surface area contributed by atoms with E-state index < -0.39 is 0 Å². The molecule has 3 nitrogen and oxygen atoms in total. The van der Waals surface area contributed by atoms with Crippen molar-refractivity contribution in [2.24, 2.45) is 5.73 Å². The number of amides is 1. The van der Waals surface area contributed by atoms with Crippen LogP contribution < -0.4 is 11.1 Å². The lowest BCUT2D eigenvalue weighted by atomic mass is 10.1. The van der Waals surface area contributed by atoms with Gasteiger partial charge in [0, 0.05) is 12.2 Å². The molecule has 0 saturated carbocycles. The number of nitrogens with two attached hydrogens (primary N) is 1. The van der Waals surface area contributed by atoms with Gasteiger partial charge in [-0.05, 0) is 35.4 Å². The van der Waals surface area contributed by atoms with Gasteiger partial charge < -0.3 is 11.1 Å². The zero-order valence-electron chi connectivity index (χ0n) is 10.4. The molecule has 0 heterocycles. The van der Waals surface area contributed by atoms with Gasteiger partial charge in [-0.3, -0.25) is 4.79 Å². The molecule has 19 heavy (non-hydrogen) atoms. The molecule has 0 bridgehead atoms. The Morgan fingerprint density at radius 2 is 1.58 bits per heavy atom. The van der Waals surface area contributed by atoms with E-state index in [2.05, 4.69) is 5.32 Å². The van der Waals surface area contributed by atoms with E-state index in [4.69, 9.17) is 5.73 Å². The standard InChI is InChI=1S/C15H15FN2O/c16-13-5-1-11(2-6-13)9-15(19)18-14-7-3-12(10-17)4-8-14/h1-8H,9-10,17H2,(H,18,19). The minimum atomic E-state index is -0.304. The maximum atomic E-state index is 12.7. The van der Waals surface area contributed by atoms with E-state index >= 15 is 0 Å². The van der Waals surface area contributed by atoms with Crippen LogP contribution in [0, 0.1) is 5.82 Å². The molecule has 2 aromatic rings. The molecule has 0 aliphatic rings. The predicted octanol–water partition coefficient (Wildman–Crippen LogP) is 2.47. The van der Waals surface area contributed by atoms with Crippen LogP contribution in [0.4, 0.5) is 10.1 Å².